The van der Waals surface area contributed by atoms with Crippen LogP contribution in [0, 0.1) is 0 Å². The molecule has 0 radical (unpaired) electrons. The Labute approximate surface area is 108 Å². The number of hydrogen-bond donors (Lipinski definition) is 0. The van der Waals surface area contributed by atoms with Crippen molar-refractivity contribution in [2.24, 2.45) is 0 Å². The summed E-state index contributed by atoms with van der Waals surface area (Å²) >= 11 is 12.0. The molecule has 0 aromatic heterocycles. The molecule has 1 aliphatic heterocycles. The third-order valence-corrected chi connectivity index (χ3v) is 4.64. The van der Waals surface area contributed by atoms with E-state index in [0.717, 1.165) is 35.8 Å². The fourth-order valence-corrected chi connectivity index (χ4v) is 3.49. The minimum absolute atomic E-state index is 0.411. The van der Waals surface area contributed by atoms with Gasteiger partial charge in [0.1, 0.15) is 0 Å². The molecule has 2 rings (SSSR count). The van der Waals surface area contributed by atoms with E-state index in [1.165, 1.54) is 0 Å². The van der Waals surface area contributed by atoms with Crippen LogP contribution in [-0.4, -0.2) is 28.8 Å². The molecular formula is C11H13Cl2NOS. The molecule has 5 heteroatoms. The smallest absolute Gasteiger partial charge is 0.0509 e. The van der Waals surface area contributed by atoms with Crippen molar-refractivity contribution in [1.82, 2.24) is 0 Å². The number of hydrogen-bond acceptors (Lipinski definition) is 2. The van der Waals surface area contributed by atoms with E-state index in [0.29, 0.717) is 10.9 Å². The van der Waals surface area contributed by atoms with Crippen molar-refractivity contribution < 1.29 is 4.21 Å². The van der Waals surface area contributed by atoms with E-state index in [1.807, 2.05) is 18.2 Å². The molecule has 1 aliphatic rings. The van der Waals surface area contributed by atoms with Crippen LogP contribution in [-0.2, 0) is 16.7 Å². The number of halogens is 2. The van der Waals surface area contributed by atoms with Gasteiger partial charge in [0.15, 0.2) is 0 Å². The molecule has 0 amide bonds. The first-order valence-corrected chi connectivity index (χ1v) is 7.55. The van der Waals surface area contributed by atoms with Crippen LogP contribution in [0.2, 0.25) is 5.02 Å². The Kier molecular flexibility index (Phi) is 4.11. The molecular weight excluding hydrogens is 265 g/mol. The number of alkyl halides is 1. The van der Waals surface area contributed by atoms with E-state index < -0.39 is 10.8 Å². The highest BCUT2D eigenvalue weighted by molar-refractivity contribution is 7.85. The minimum atomic E-state index is -0.656. The van der Waals surface area contributed by atoms with E-state index in [9.17, 15) is 4.21 Å². The van der Waals surface area contributed by atoms with Crippen molar-refractivity contribution in [3.8, 4) is 0 Å². The van der Waals surface area contributed by atoms with Crippen LogP contribution in [0.25, 0.3) is 0 Å². The van der Waals surface area contributed by atoms with E-state index in [4.69, 9.17) is 23.2 Å². The Bertz CT molecular complexity index is 401. The summed E-state index contributed by atoms with van der Waals surface area (Å²) in [6, 6.07) is 5.81. The molecule has 2 nitrogen and oxygen atoms in total. The first kappa shape index (κ1) is 12.2. The third kappa shape index (κ3) is 2.53. The average Bonchev–Trinajstić information content (AvgIpc) is 2.30. The number of rotatable bonds is 2. The molecule has 1 aromatic carbocycles. The first-order valence-electron chi connectivity index (χ1n) is 5.15. The topological polar surface area (TPSA) is 20.3 Å². The lowest BCUT2D eigenvalue weighted by Crippen LogP contribution is -2.38. The van der Waals surface area contributed by atoms with E-state index in [2.05, 4.69) is 4.90 Å². The number of benzene rings is 1. The van der Waals surface area contributed by atoms with Gasteiger partial charge in [-0.15, -0.1) is 11.6 Å². The summed E-state index contributed by atoms with van der Waals surface area (Å²) in [6.45, 7) is 1.63. The lowest BCUT2D eigenvalue weighted by molar-refractivity contribution is 0.673. The molecule has 1 aromatic rings. The predicted molar refractivity (Wildman–Crippen MR) is 71.1 cm³/mol. The molecule has 1 fully saturated rings. The van der Waals surface area contributed by atoms with E-state index in [-0.39, 0.29) is 0 Å². The zero-order valence-electron chi connectivity index (χ0n) is 8.79. The summed E-state index contributed by atoms with van der Waals surface area (Å²) in [5.74, 6) is 1.87. The predicted octanol–water partition coefficient (Wildman–Crippen LogP) is 2.65. The highest BCUT2D eigenvalue weighted by Crippen LogP contribution is 2.29. The van der Waals surface area contributed by atoms with Gasteiger partial charge in [0.05, 0.1) is 5.88 Å². The Morgan fingerprint density at radius 1 is 1.31 bits per heavy atom. The third-order valence-electron chi connectivity index (χ3n) is 2.75. The second-order valence-electron chi connectivity index (χ2n) is 3.71. The van der Waals surface area contributed by atoms with Crippen molar-refractivity contribution in [2.75, 3.05) is 29.5 Å². The summed E-state index contributed by atoms with van der Waals surface area (Å²) in [7, 11) is -0.656. The van der Waals surface area contributed by atoms with Gasteiger partial charge in [0.2, 0.25) is 0 Å². The molecule has 0 saturated carbocycles. The molecule has 16 heavy (non-hydrogen) atoms. The SMILES string of the molecule is O=S1CCN(c2cccc(Cl)c2CCl)CC1. The summed E-state index contributed by atoms with van der Waals surface area (Å²) in [6.07, 6.45) is 0. The van der Waals surface area contributed by atoms with Crippen LogP contribution in [0.1, 0.15) is 5.56 Å². The standard InChI is InChI=1S/C11H13Cl2NOS/c12-8-9-10(13)2-1-3-11(9)14-4-6-16(15)7-5-14/h1-3H,4-8H2. The van der Waals surface area contributed by atoms with Crippen LogP contribution in [0.15, 0.2) is 18.2 Å². The van der Waals surface area contributed by atoms with Gasteiger partial charge in [-0.3, -0.25) is 4.21 Å². The van der Waals surface area contributed by atoms with E-state index >= 15 is 0 Å². The average molecular weight is 278 g/mol. The molecule has 0 bridgehead atoms. The molecule has 0 spiro atoms. The lowest BCUT2D eigenvalue weighted by atomic mass is 10.1. The zero-order valence-corrected chi connectivity index (χ0v) is 11.1. The van der Waals surface area contributed by atoms with Crippen molar-refractivity contribution in [1.29, 1.82) is 0 Å². The summed E-state index contributed by atoms with van der Waals surface area (Å²) in [5, 5.41) is 0.708. The van der Waals surface area contributed by atoms with Crippen LogP contribution in [0.3, 0.4) is 0 Å². The van der Waals surface area contributed by atoms with Crippen molar-refractivity contribution in [3.05, 3.63) is 28.8 Å². The Balaban J connectivity index is 2.26. The Hall–Kier alpha value is -0.250. The molecule has 88 valence electrons. The van der Waals surface area contributed by atoms with Gasteiger partial charge in [0, 0.05) is 51.7 Å². The van der Waals surface area contributed by atoms with Crippen molar-refractivity contribution in [2.45, 2.75) is 5.88 Å². The van der Waals surface area contributed by atoms with Gasteiger partial charge in [-0.05, 0) is 12.1 Å². The summed E-state index contributed by atoms with van der Waals surface area (Å²) in [5.41, 5.74) is 2.05. The normalized spacial score (nSPS) is 17.8. The van der Waals surface area contributed by atoms with Gasteiger partial charge >= 0.3 is 0 Å². The second kappa shape index (κ2) is 5.39. The maximum atomic E-state index is 11.3. The van der Waals surface area contributed by atoms with E-state index in [1.54, 1.807) is 0 Å². The quantitative estimate of drug-likeness (QED) is 0.775. The maximum absolute atomic E-state index is 11.3. The van der Waals surface area contributed by atoms with Gasteiger partial charge in [0.25, 0.3) is 0 Å². The zero-order chi connectivity index (χ0) is 11.5. The Morgan fingerprint density at radius 3 is 2.62 bits per heavy atom. The van der Waals surface area contributed by atoms with Gasteiger partial charge < -0.3 is 4.90 Å². The van der Waals surface area contributed by atoms with Gasteiger partial charge in [-0.1, -0.05) is 17.7 Å². The molecule has 0 atom stereocenters. The minimum Gasteiger partial charge on any atom is -0.369 e. The second-order valence-corrected chi connectivity index (χ2v) is 6.08. The number of anilines is 1. The molecule has 1 heterocycles. The summed E-state index contributed by atoms with van der Waals surface area (Å²) in [4.78, 5) is 2.21. The van der Waals surface area contributed by atoms with Gasteiger partial charge in [-0.25, -0.2) is 0 Å². The molecule has 0 unspecified atom stereocenters. The van der Waals surface area contributed by atoms with Crippen molar-refractivity contribution in [3.63, 3.8) is 0 Å². The maximum Gasteiger partial charge on any atom is 0.0509 e. The highest BCUT2D eigenvalue weighted by Gasteiger charge is 2.18. The van der Waals surface area contributed by atoms with Crippen LogP contribution >= 0.6 is 23.2 Å². The molecule has 1 saturated heterocycles. The Morgan fingerprint density at radius 2 is 2.00 bits per heavy atom. The summed E-state index contributed by atoms with van der Waals surface area (Å²) < 4.78 is 11.3. The lowest BCUT2D eigenvalue weighted by Gasteiger charge is -2.30. The largest absolute Gasteiger partial charge is 0.369 e. The van der Waals surface area contributed by atoms with Crippen LogP contribution < -0.4 is 4.90 Å². The number of nitrogens with zero attached hydrogens (tertiary/aromatic N) is 1. The van der Waals surface area contributed by atoms with Gasteiger partial charge in [-0.2, -0.15) is 0 Å². The fourth-order valence-electron chi connectivity index (χ4n) is 1.85. The fraction of sp³-hybridized carbons (Fsp3) is 0.455. The van der Waals surface area contributed by atoms with Crippen LogP contribution in [0.5, 0.6) is 0 Å². The van der Waals surface area contributed by atoms with Crippen LogP contribution in [0.4, 0.5) is 5.69 Å². The molecule has 0 aliphatic carbocycles. The molecule has 0 N–H and O–H groups in total. The van der Waals surface area contributed by atoms with Crippen molar-refractivity contribution >= 4 is 39.7 Å². The monoisotopic (exact) mass is 277 g/mol. The first-order chi connectivity index (χ1) is 7.72. The highest BCUT2D eigenvalue weighted by atomic mass is 35.5.